The molecule has 0 heterocycles. The largest absolute Gasteiger partial charge is 0.506 e. The molecule has 5 heteroatoms. The van der Waals surface area contributed by atoms with Gasteiger partial charge in [-0.3, -0.25) is 4.55 Å². The Labute approximate surface area is 194 Å². The molecule has 0 amide bonds. The molecule has 0 spiro atoms. The SMILES string of the molecule is CC(CC(c1ccccc1)c1cc(S(=O)(=O)O)c(O)cc1-c1ccccc1)c1ccccc1. The fraction of sp³-hybridized carbons (Fsp3) is 0.143. The molecule has 4 aromatic carbocycles. The van der Waals surface area contributed by atoms with Crippen molar-refractivity contribution in [3.05, 3.63) is 120 Å². The number of rotatable bonds is 7. The molecule has 2 N–H and O–H groups in total. The van der Waals surface area contributed by atoms with Crippen molar-refractivity contribution in [2.75, 3.05) is 0 Å². The Morgan fingerprint density at radius 2 is 1.27 bits per heavy atom. The summed E-state index contributed by atoms with van der Waals surface area (Å²) in [6.07, 6.45) is 0.712. The first-order valence-electron chi connectivity index (χ1n) is 10.8. The second-order valence-corrected chi connectivity index (χ2v) is 9.65. The second kappa shape index (κ2) is 9.61. The van der Waals surface area contributed by atoms with Crippen molar-refractivity contribution in [2.24, 2.45) is 0 Å². The van der Waals surface area contributed by atoms with Crippen molar-refractivity contribution in [3.8, 4) is 16.9 Å². The number of hydrogen-bond acceptors (Lipinski definition) is 3. The monoisotopic (exact) mass is 458 g/mol. The highest BCUT2D eigenvalue weighted by Gasteiger charge is 2.26. The van der Waals surface area contributed by atoms with E-state index in [1.54, 1.807) is 0 Å². The maximum atomic E-state index is 12.1. The van der Waals surface area contributed by atoms with Gasteiger partial charge in [0.15, 0.2) is 0 Å². The van der Waals surface area contributed by atoms with E-state index in [-0.39, 0.29) is 11.8 Å². The Morgan fingerprint density at radius 3 is 1.82 bits per heavy atom. The van der Waals surface area contributed by atoms with Gasteiger partial charge in [0.25, 0.3) is 10.1 Å². The molecule has 0 aliphatic heterocycles. The maximum Gasteiger partial charge on any atom is 0.298 e. The summed E-state index contributed by atoms with van der Waals surface area (Å²) in [5.74, 6) is -0.455. The van der Waals surface area contributed by atoms with Crippen LogP contribution < -0.4 is 0 Å². The molecule has 2 atom stereocenters. The minimum absolute atomic E-state index is 0.169. The van der Waals surface area contributed by atoms with Gasteiger partial charge in [-0.15, -0.1) is 0 Å². The van der Waals surface area contributed by atoms with Crippen molar-refractivity contribution in [1.82, 2.24) is 0 Å². The van der Waals surface area contributed by atoms with Crippen molar-refractivity contribution in [3.63, 3.8) is 0 Å². The molecule has 4 rings (SSSR count). The lowest BCUT2D eigenvalue weighted by Crippen LogP contribution is -2.10. The predicted molar refractivity (Wildman–Crippen MR) is 131 cm³/mol. The van der Waals surface area contributed by atoms with Gasteiger partial charge in [0, 0.05) is 5.92 Å². The quantitative estimate of drug-likeness (QED) is 0.305. The average molecular weight is 459 g/mol. The van der Waals surface area contributed by atoms with Crippen molar-refractivity contribution in [1.29, 1.82) is 0 Å². The van der Waals surface area contributed by atoms with Crippen LogP contribution in [-0.2, 0) is 10.1 Å². The molecule has 0 aromatic heterocycles. The van der Waals surface area contributed by atoms with Crippen LogP contribution in [-0.4, -0.2) is 18.1 Å². The molecule has 0 aliphatic rings. The molecule has 0 saturated heterocycles. The van der Waals surface area contributed by atoms with Gasteiger partial charge in [0.2, 0.25) is 0 Å². The van der Waals surface area contributed by atoms with Gasteiger partial charge in [-0.05, 0) is 52.3 Å². The standard InChI is InChI=1S/C28H26O4S/c1-20(21-11-5-2-6-12-21)17-24(22-13-7-3-8-14-22)26-19-28(33(30,31)32)27(29)18-25(26)23-15-9-4-10-16-23/h2-16,18-20,24,29H,17H2,1H3,(H,30,31,32). The normalized spacial score (nSPS) is 13.4. The Kier molecular flexibility index (Phi) is 6.63. The van der Waals surface area contributed by atoms with Crippen molar-refractivity contribution < 1.29 is 18.1 Å². The molecule has 0 bridgehead atoms. The van der Waals surface area contributed by atoms with Crippen LogP contribution in [0.15, 0.2) is 108 Å². The summed E-state index contributed by atoms with van der Waals surface area (Å²) >= 11 is 0. The Bertz CT molecular complexity index is 1320. The number of phenolic OH excluding ortho intramolecular Hbond substituents is 1. The van der Waals surface area contributed by atoms with Crippen molar-refractivity contribution >= 4 is 10.1 Å². The molecule has 33 heavy (non-hydrogen) atoms. The summed E-state index contributed by atoms with van der Waals surface area (Å²) in [7, 11) is -4.60. The summed E-state index contributed by atoms with van der Waals surface area (Å²) in [4.78, 5) is -0.481. The maximum absolute atomic E-state index is 12.1. The van der Waals surface area contributed by atoms with Crippen LogP contribution in [0.3, 0.4) is 0 Å². The molecule has 0 saturated carbocycles. The van der Waals surface area contributed by atoms with Crippen LogP contribution in [0.4, 0.5) is 0 Å². The summed E-state index contributed by atoms with van der Waals surface area (Å²) in [6.45, 7) is 2.15. The highest BCUT2D eigenvalue weighted by atomic mass is 32.2. The minimum Gasteiger partial charge on any atom is -0.506 e. The van der Waals surface area contributed by atoms with E-state index in [1.165, 1.54) is 17.7 Å². The molecule has 4 aromatic rings. The number of phenols is 1. The molecular weight excluding hydrogens is 432 g/mol. The molecule has 0 aliphatic carbocycles. The third-order valence-electron chi connectivity index (χ3n) is 6.03. The van der Waals surface area contributed by atoms with E-state index in [0.717, 1.165) is 22.3 Å². The molecular formula is C28H26O4S. The van der Waals surface area contributed by atoms with Gasteiger partial charge in [0.05, 0.1) is 0 Å². The van der Waals surface area contributed by atoms with E-state index >= 15 is 0 Å². The topological polar surface area (TPSA) is 74.6 Å². The number of aromatic hydroxyl groups is 1. The molecule has 4 nitrogen and oxygen atoms in total. The third kappa shape index (κ3) is 5.16. The zero-order chi connectivity index (χ0) is 23.4. The van der Waals surface area contributed by atoms with Gasteiger partial charge < -0.3 is 5.11 Å². The first-order chi connectivity index (χ1) is 15.8. The minimum atomic E-state index is -4.60. The van der Waals surface area contributed by atoms with Crippen LogP contribution in [0.5, 0.6) is 5.75 Å². The lowest BCUT2D eigenvalue weighted by atomic mass is 9.79. The van der Waals surface area contributed by atoms with Crippen LogP contribution in [0.25, 0.3) is 11.1 Å². The van der Waals surface area contributed by atoms with Crippen LogP contribution >= 0.6 is 0 Å². The zero-order valence-corrected chi connectivity index (χ0v) is 19.1. The smallest absolute Gasteiger partial charge is 0.298 e. The zero-order valence-electron chi connectivity index (χ0n) is 18.3. The third-order valence-corrected chi connectivity index (χ3v) is 6.91. The van der Waals surface area contributed by atoms with Crippen molar-refractivity contribution in [2.45, 2.75) is 30.1 Å². The highest BCUT2D eigenvalue weighted by molar-refractivity contribution is 7.86. The fourth-order valence-corrected chi connectivity index (χ4v) is 4.95. The summed E-state index contributed by atoms with van der Waals surface area (Å²) in [6, 6.07) is 32.5. The van der Waals surface area contributed by atoms with E-state index in [9.17, 15) is 18.1 Å². The van der Waals surface area contributed by atoms with Gasteiger partial charge in [-0.1, -0.05) is 97.9 Å². The van der Waals surface area contributed by atoms with Gasteiger partial charge in [-0.2, -0.15) is 8.42 Å². The van der Waals surface area contributed by atoms with E-state index in [0.29, 0.717) is 6.42 Å². The average Bonchev–Trinajstić information content (AvgIpc) is 2.83. The predicted octanol–water partition coefficient (Wildman–Crippen LogP) is 6.63. The first kappa shape index (κ1) is 22.8. The highest BCUT2D eigenvalue weighted by Crippen LogP contribution is 2.42. The second-order valence-electron chi connectivity index (χ2n) is 8.26. The Morgan fingerprint density at radius 1 is 0.758 bits per heavy atom. The first-order valence-corrected chi connectivity index (χ1v) is 12.3. The van der Waals surface area contributed by atoms with Gasteiger partial charge >= 0.3 is 0 Å². The summed E-state index contributed by atoms with van der Waals surface area (Å²) in [5.41, 5.74) is 4.55. The van der Waals surface area contributed by atoms with Crippen LogP contribution in [0, 0.1) is 0 Å². The summed E-state index contributed by atoms with van der Waals surface area (Å²) in [5, 5.41) is 10.5. The van der Waals surface area contributed by atoms with E-state index in [4.69, 9.17) is 0 Å². The molecule has 168 valence electrons. The molecule has 0 fully saturated rings. The summed E-state index contributed by atoms with van der Waals surface area (Å²) < 4.78 is 33.9. The van der Waals surface area contributed by atoms with E-state index in [1.807, 2.05) is 78.9 Å². The Balaban J connectivity index is 1.93. The number of hydrogen-bond donors (Lipinski definition) is 2. The van der Waals surface area contributed by atoms with Crippen LogP contribution in [0.1, 0.15) is 41.9 Å². The van der Waals surface area contributed by atoms with E-state index in [2.05, 4.69) is 19.1 Å². The Hall–Kier alpha value is -3.41. The van der Waals surface area contributed by atoms with Gasteiger partial charge in [0.1, 0.15) is 10.6 Å². The van der Waals surface area contributed by atoms with E-state index < -0.39 is 20.8 Å². The number of benzene rings is 4. The fourth-order valence-electron chi connectivity index (χ4n) is 4.35. The molecule has 2 unspecified atom stereocenters. The van der Waals surface area contributed by atoms with Crippen LogP contribution in [0.2, 0.25) is 0 Å². The van der Waals surface area contributed by atoms with Gasteiger partial charge in [-0.25, -0.2) is 0 Å². The molecule has 0 radical (unpaired) electrons. The lowest BCUT2D eigenvalue weighted by Gasteiger charge is -2.26. The lowest BCUT2D eigenvalue weighted by molar-refractivity contribution is 0.442.